The lowest BCUT2D eigenvalue weighted by atomic mass is 10.1. The third kappa shape index (κ3) is 2.33. The molecule has 0 atom stereocenters. The van der Waals surface area contributed by atoms with Crippen molar-refractivity contribution in [1.29, 1.82) is 0 Å². The van der Waals surface area contributed by atoms with E-state index in [1.807, 2.05) is 6.92 Å². The number of nitrogens with zero attached hydrogens (tertiary/aromatic N) is 2. The van der Waals surface area contributed by atoms with E-state index in [9.17, 15) is 10.1 Å². The summed E-state index contributed by atoms with van der Waals surface area (Å²) in [5, 5.41) is 10.7. The standard InChI is InChI=1S/C8H8Cl2N2O2/c1-2-3-5-4-6(9)11-8(10)7(5)12(13)14/h4H,2-3H2,1H3. The number of halogens is 2. The lowest BCUT2D eigenvalue weighted by Gasteiger charge is -2.02. The average Bonchev–Trinajstić information content (AvgIpc) is 2.01. The summed E-state index contributed by atoms with van der Waals surface area (Å²) in [6.07, 6.45) is 1.36. The van der Waals surface area contributed by atoms with Crippen LogP contribution in [0.5, 0.6) is 0 Å². The maximum atomic E-state index is 10.7. The van der Waals surface area contributed by atoms with Crippen molar-refractivity contribution in [3.05, 3.63) is 32.1 Å². The molecule has 0 fully saturated rings. The summed E-state index contributed by atoms with van der Waals surface area (Å²) in [7, 11) is 0. The Morgan fingerprint density at radius 3 is 2.71 bits per heavy atom. The Kier molecular flexibility index (Phi) is 3.66. The van der Waals surface area contributed by atoms with E-state index in [0.717, 1.165) is 6.42 Å². The van der Waals surface area contributed by atoms with E-state index in [4.69, 9.17) is 23.2 Å². The first kappa shape index (κ1) is 11.2. The van der Waals surface area contributed by atoms with Gasteiger partial charge in [0.25, 0.3) is 0 Å². The van der Waals surface area contributed by atoms with Gasteiger partial charge in [-0.1, -0.05) is 36.5 Å². The smallest absolute Gasteiger partial charge is 0.258 e. The van der Waals surface area contributed by atoms with Gasteiger partial charge in [0.1, 0.15) is 5.15 Å². The van der Waals surface area contributed by atoms with Gasteiger partial charge in [0.2, 0.25) is 5.15 Å². The molecule has 0 bridgehead atoms. The van der Waals surface area contributed by atoms with Crippen LogP contribution in [0, 0.1) is 10.1 Å². The molecule has 0 amide bonds. The second-order valence-corrected chi connectivity index (χ2v) is 3.50. The third-order valence-corrected chi connectivity index (χ3v) is 2.16. The van der Waals surface area contributed by atoms with E-state index in [-0.39, 0.29) is 16.0 Å². The maximum absolute atomic E-state index is 10.7. The molecule has 0 spiro atoms. The van der Waals surface area contributed by atoms with E-state index in [0.29, 0.717) is 12.0 Å². The minimum absolute atomic E-state index is 0.141. The molecule has 0 radical (unpaired) electrons. The van der Waals surface area contributed by atoms with Gasteiger partial charge in [0.15, 0.2) is 0 Å². The zero-order valence-electron chi connectivity index (χ0n) is 7.46. The van der Waals surface area contributed by atoms with Crippen LogP contribution in [-0.2, 0) is 6.42 Å². The van der Waals surface area contributed by atoms with Gasteiger partial charge in [-0.2, -0.15) is 0 Å². The lowest BCUT2D eigenvalue weighted by Crippen LogP contribution is -1.98. The van der Waals surface area contributed by atoms with E-state index in [2.05, 4.69) is 4.98 Å². The number of aromatic nitrogens is 1. The van der Waals surface area contributed by atoms with E-state index < -0.39 is 4.92 Å². The quantitative estimate of drug-likeness (QED) is 0.459. The van der Waals surface area contributed by atoms with Crippen molar-refractivity contribution in [3.8, 4) is 0 Å². The molecule has 0 aliphatic heterocycles. The van der Waals surface area contributed by atoms with Crippen molar-refractivity contribution in [2.75, 3.05) is 0 Å². The summed E-state index contributed by atoms with van der Waals surface area (Å²) in [5.41, 5.74) is 0.389. The maximum Gasteiger partial charge on any atom is 0.309 e. The molecule has 1 aromatic heterocycles. The van der Waals surface area contributed by atoms with Crippen LogP contribution >= 0.6 is 23.2 Å². The van der Waals surface area contributed by atoms with Gasteiger partial charge in [-0.25, -0.2) is 4.98 Å². The number of hydrogen-bond donors (Lipinski definition) is 0. The fourth-order valence-electron chi connectivity index (χ4n) is 1.18. The Morgan fingerprint density at radius 2 is 2.21 bits per heavy atom. The lowest BCUT2D eigenvalue weighted by molar-refractivity contribution is -0.385. The van der Waals surface area contributed by atoms with Gasteiger partial charge in [0.05, 0.1) is 4.92 Å². The molecule has 1 rings (SSSR count). The Bertz CT molecular complexity index is 369. The van der Waals surface area contributed by atoms with Crippen LogP contribution in [0.4, 0.5) is 5.69 Å². The van der Waals surface area contributed by atoms with Crippen molar-refractivity contribution in [1.82, 2.24) is 4.98 Å². The van der Waals surface area contributed by atoms with Gasteiger partial charge < -0.3 is 0 Å². The van der Waals surface area contributed by atoms with Crippen LogP contribution < -0.4 is 0 Å². The summed E-state index contributed by atoms with van der Waals surface area (Å²) in [6.45, 7) is 1.92. The van der Waals surface area contributed by atoms with Crippen LogP contribution in [-0.4, -0.2) is 9.91 Å². The van der Waals surface area contributed by atoms with Crippen molar-refractivity contribution in [3.63, 3.8) is 0 Å². The van der Waals surface area contributed by atoms with Crippen LogP contribution in [0.15, 0.2) is 6.07 Å². The normalized spacial score (nSPS) is 10.2. The summed E-state index contributed by atoms with van der Waals surface area (Å²) >= 11 is 11.3. The van der Waals surface area contributed by atoms with Crippen LogP contribution in [0.1, 0.15) is 18.9 Å². The zero-order valence-corrected chi connectivity index (χ0v) is 8.97. The van der Waals surface area contributed by atoms with E-state index in [1.165, 1.54) is 6.07 Å². The Labute approximate surface area is 91.0 Å². The summed E-state index contributed by atoms with van der Waals surface area (Å²) in [6, 6.07) is 1.48. The van der Waals surface area contributed by atoms with Crippen molar-refractivity contribution < 1.29 is 4.92 Å². The van der Waals surface area contributed by atoms with Crippen molar-refractivity contribution in [2.24, 2.45) is 0 Å². The van der Waals surface area contributed by atoms with E-state index in [1.54, 1.807) is 0 Å². The summed E-state index contributed by atoms with van der Waals surface area (Å²) in [4.78, 5) is 13.8. The molecule has 4 nitrogen and oxygen atoms in total. The molecular formula is C8H8Cl2N2O2. The highest BCUT2D eigenvalue weighted by Crippen LogP contribution is 2.29. The van der Waals surface area contributed by atoms with Gasteiger partial charge in [-0.05, 0) is 12.5 Å². The molecule has 0 saturated carbocycles. The number of hydrogen-bond acceptors (Lipinski definition) is 3. The Balaban J connectivity index is 3.28. The molecule has 76 valence electrons. The largest absolute Gasteiger partial charge is 0.309 e. The molecule has 1 aromatic rings. The van der Waals surface area contributed by atoms with Gasteiger partial charge in [0, 0.05) is 5.56 Å². The first-order valence-corrected chi connectivity index (χ1v) is 4.81. The fourth-order valence-corrected chi connectivity index (χ4v) is 1.72. The predicted molar refractivity (Wildman–Crippen MR) is 54.9 cm³/mol. The van der Waals surface area contributed by atoms with Gasteiger partial charge in [-0.3, -0.25) is 10.1 Å². The van der Waals surface area contributed by atoms with Crippen LogP contribution in [0.25, 0.3) is 0 Å². The second kappa shape index (κ2) is 4.57. The minimum Gasteiger partial charge on any atom is -0.258 e. The molecule has 0 aromatic carbocycles. The number of rotatable bonds is 3. The highest BCUT2D eigenvalue weighted by molar-refractivity contribution is 6.33. The minimum atomic E-state index is -0.531. The monoisotopic (exact) mass is 234 g/mol. The van der Waals surface area contributed by atoms with E-state index >= 15 is 0 Å². The number of aryl methyl sites for hydroxylation is 1. The van der Waals surface area contributed by atoms with Gasteiger partial charge in [-0.15, -0.1) is 0 Å². The Morgan fingerprint density at radius 1 is 1.57 bits per heavy atom. The summed E-state index contributed by atoms with van der Waals surface area (Å²) in [5.74, 6) is 0. The van der Waals surface area contributed by atoms with Crippen LogP contribution in [0.3, 0.4) is 0 Å². The number of nitro groups is 1. The first-order chi connectivity index (χ1) is 6.56. The molecule has 0 aliphatic rings. The van der Waals surface area contributed by atoms with Crippen molar-refractivity contribution >= 4 is 28.9 Å². The summed E-state index contributed by atoms with van der Waals surface area (Å²) < 4.78 is 0. The van der Waals surface area contributed by atoms with Crippen molar-refractivity contribution in [2.45, 2.75) is 19.8 Å². The highest BCUT2D eigenvalue weighted by Gasteiger charge is 2.20. The van der Waals surface area contributed by atoms with Crippen LogP contribution in [0.2, 0.25) is 10.3 Å². The van der Waals surface area contributed by atoms with Gasteiger partial charge >= 0.3 is 5.69 Å². The molecule has 0 aliphatic carbocycles. The average molecular weight is 235 g/mol. The molecule has 0 unspecified atom stereocenters. The SMILES string of the molecule is CCCc1cc(Cl)nc(Cl)c1[N+](=O)[O-]. The fraction of sp³-hybridized carbons (Fsp3) is 0.375. The zero-order chi connectivity index (χ0) is 10.7. The molecule has 0 N–H and O–H groups in total. The molecule has 14 heavy (non-hydrogen) atoms. The number of pyridine rings is 1. The Hall–Kier alpha value is -0.870. The second-order valence-electron chi connectivity index (χ2n) is 2.75. The molecular weight excluding hydrogens is 227 g/mol. The first-order valence-electron chi connectivity index (χ1n) is 4.05. The molecule has 1 heterocycles. The molecule has 6 heteroatoms. The molecule has 0 saturated heterocycles. The predicted octanol–water partition coefficient (Wildman–Crippen LogP) is 3.25. The third-order valence-electron chi connectivity index (χ3n) is 1.70. The highest BCUT2D eigenvalue weighted by atomic mass is 35.5. The topological polar surface area (TPSA) is 56.0 Å².